The summed E-state index contributed by atoms with van der Waals surface area (Å²) in [6, 6.07) is 0. The molecule has 0 aliphatic rings. The van der Waals surface area contributed by atoms with Crippen LogP contribution in [0.3, 0.4) is 0 Å². The average Bonchev–Trinajstić information content (AvgIpc) is 2.04. The molecular weight excluding hydrogens is 132 g/mol. The Labute approximate surface area is 61.7 Å². The second kappa shape index (κ2) is 56.2. The Morgan fingerprint density at radius 3 is 1.50 bits per heavy atom. The molecule has 2 N–H and O–H groups in total. The summed E-state index contributed by atoms with van der Waals surface area (Å²) in [5.74, 6) is 0. The molecule has 0 bridgehead atoms. The molecule has 0 spiro atoms. The number of hydrogen-bond acceptors (Lipinski definition) is 4. The maximum Gasteiger partial charge on any atom is 0.231 e. The molecule has 0 radical (unpaired) electrons. The van der Waals surface area contributed by atoms with Gasteiger partial charge in [0.1, 0.15) is 0 Å². The number of allylic oxidation sites excluding steroid dienone is 2. The van der Waals surface area contributed by atoms with Gasteiger partial charge in [0.15, 0.2) is 0 Å². The Balaban J connectivity index is -0.000000115. The van der Waals surface area contributed by atoms with Crippen molar-refractivity contribution in [1.82, 2.24) is 0 Å². The third-order valence-electron chi connectivity index (χ3n) is 0.111. The minimum absolute atomic E-state index is 0.750. The topological polar surface area (TPSA) is 81.8 Å². The lowest BCUT2D eigenvalue weighted by molar-refractivity contribution is 0.562. The van der Waals surface area contributed by atoms with Crippen LogP contribution in [-0.2, 0) is 9.59 Å². The van der Waals surface area contributed by atoms with Crippen LogP contribution in [-0.4, -0.2) is 12.2 Å². The highest BCUT2D eigenvalue weighted by molar-refractivity contribution is 5.26. The van der Waals surface area contributed by atoms with Crippen molar-refractivity contribution in [2.75, 3.05) is 0 Å². The third-order valence-corrected chi connectivity index (χ3v) is 0.111. The van der Waals surface area contributed by atoms with Crippen LogP contribution in [0.25, 0.3) is 0 Å². The maximum absolute atomic E-state index is 8.35. The summed E-state index contributed by atoms with van der Waals surface area (Å²) in [7, 11) is 0. The molecule has 0 aliphatic carbocycles. The summed E-state index contributed by atoms with van der Waals surface area (Å²) >= 11 is 0. The van der Waals surface area contributed by atoms with Crippen molar-refractivity contribution in [2.45, 2.75) is 0 Å². The molecule has 0 fully saturated rings. The van der Waals surface area contributed by atoms with Gasteiger partial charge < -0.3 is 0 Å². The SMILES string of the molecule is N=C=O.N=C=O.[2H]C=CC=C[2H]. The summed E-state index contributed by atoms with van der Waals surface area (Å²) in [6.45, 7) is 2.26. The van der Waals surface area contributed by atoms with E-state index in [1.165, 1.54) is 12.2 Å². The first-order valence-corrected chi connectivity index (χ1v) is 1.91. The smallest absolute Gasteiger partial charge is 0.222 e. The first-order chi connectivity index (χ1) is 5.74. The summed E-state index contributed by atoms with van der Waals surface area (Å²) < 4.78 is 12.8. The highest BCUT2D eigenvalue weighted by atomic mass is 16.1. The van der Waals surface area contributed by atoms with Gasteiger partial charge in [0.25, 0.3) is 0 Å². The molecule has 0 aromatic carbocycles. The van der Waals surface area contributed by atoms with E-state index in [0.29, 0.717) is 0 Å². The molecule has 0 atom stereocenters. The van der Waals surface area contributed by atoms with Crippen molar-refractivity contribution >= 4 is 12.2 Å². The lowest BCUT2D eigenvalue weighted by Crippen LogP contribution is -1.21. The second-order valence-corrected chi connectivity index (χ2v) is 0.589. The minimum Gasteiger partial charge on any atom is -0.222 e. The van der Waals surface area contributed by atoms with Crippen LogP contribution in [0.4, 0.5) is 0 Å². The predicted octanol–water partition coefficient (Wildman–Crippen LogP) is 1.16. The van der Waals surface area contributed by atoms with Gasteiger partial charge >= 0.3 is 0 Å². The van der Waals surface area contributed by atoms with Gasteiger partial charge in [0.05, 0.1) is 2.74 Å². The van der Waals surface area contributed by atoms with Crippen LogP contribution >= 0.6 is 0 Å². The zero-order valence-electron chi connectivity index (χ0n) is 7.13. The van der Waals surface area contributed by atoms with Gasteiger partial charge in [-0.1, -0.05) is 25.3 Å². The Bertz CT molecular complexity index is 168. The molecule has 0 aromatic heterocycles. The van der Waals surface area contributed by atoms with E-state index in [1.807, 2.05) is 0 Å². The fourth-order valence-electron chi connectivity index (χ4n) is 0. The van der Waals surface area contributed by atoms with E-state index in [9.17, 15) is 0 Å². The molecule has 0 aromatic rings. The Morgan fingerprint density at radius 2 is 1.40 bits per heavy atom. The van der Waals surface area contributed by atoms with Gasteiger partial charge in [-0.05, 0) is 0 Å². The van der Waals surface area contributed by atoms with E-state index < -0.39 is 0 Å². The molecule has 0 saturated carbocycles. The van der Waals surface area contributed by atoms with Crippen molar-refractivity contribution in [3.05, 3.63) is 25.3 Å². The standard InChI is InChI=1S/C4H6.2CHNO/c1-3-4-2;2*2-1-3/h3-4H,1-2H2;2*2H/i1D,2D;;. The van der Waals surface area contributed by atoms with Crippen molar-refractivity contribution in [2.24, 2.45) is 0 Å². The van der Waals surface area contributed by atoms with Crippen LogP contribution in [0.15, 0.2) is 25.3 Å². The maximum atomic E-state index is 8.35. The van der Waals surface area contributed by atoms with Crippen LogP contribution in [0, 0.1) is 10.8 Å². The average molecular weight is 142 g/mol. The first kappa shape index (κ1) is 8.24. The second-order valence-electron chi connectivity index (χ2n) is 0.589. The third kappa shape index (κ3) is 297. The molecule has 0 heterocycles. The number of rotatable bonds is 1. The van der Waals surface area contributed by atoms with Gasteiger partial charge in [-0.2, -0.15) is 0 Å². The summed E-state index contributed by atoms with van der Waals surface area (Å²) in [6.07, 6.45) is 4.46. The van der Waals surface area contributed by atoms with Crippen molar-refractivity contribution < 1.29 is 12.3 Å². The lowest BCUT2D eigenvalue weighted by atomic mass is 10.6. The molecule has 4 heteroatoms. The monoisotopic (exact) mass is 142 g/mol. The summed E-state index contributed by atoms with van der Waals surface area (Å²) in [4.78, 5) is 16.7. The molecule has 0 rings (SSSR count). The fourth-order valence-corrected chi connectivity index (χ4v) is 0. The van der Waals surface area contributed by atoms with Gasteiger partial charge in [-0.3, -0.25) is 0 Å². The molecule has 54 valence electrons. The number of nitrogens with one attached hydrogen (secondary N) is 2. The predicted molar refractivity (Wildman–Crippen MR) is 37.2 cm³/mol. The first-order valence-electron chi connectivity index (χ1n) is 3.06. The normalized spacial score (nSPS) is 8.80. The van der Waals surface area contributed by atoms with E-state index >= 15 is 0 Å². The van der Waals surface area contributed by atoms with Crippen LogP contribution in [0.1, 0.15) is 2.74 Å². The molecular formula is C6H8N2O2. The largest absolute Gasteiger partial charge is 0.231 e. The molecule has 4 nitrogen and oxygen atoms in total. The Hall–Kier alpha value is -1.76. The van der Waals surface area contributed by atoms with E-state index in [1.54, 1.807) is 0 Å². The zero-order valence-corrected chi connectivity index (χ0v) is 5.13. The molecule has 10 heavy (non-hydrogen) atoms. The number of hydrogen-bond donors (Lipinski definition) is 2. The molecule has 0 unspecified atom stereocenters. The van der Waals surface area contributed by atoms with Crippen LogP contribution < -0.4 is 0 Å². The van der Waals surface area contributed by atoms with Gasteiger partial charge in [0.2, 0.25) is 12.2 Å². The summed E-state index contributed by atoms with van der Waals surface area (Å²) in [5.41, 5.74) is 0. The molecule has 0 aliphatic heterocycles. The van der Waals surface area contributed by atoms with Gasteiger partial charge in [0, 0.05) is 0 Å². The summed E-state index contributed by atoms with van der Waals surface area (Å²) in [5, 5.41) is 10.8. The number of isocyanates is 2. The van der Waals surface area contributed by atoms with E-state index in [4.69, 9.17) is 23.1 Å². The molecule has 0 amide bonds. The van der Waals surface area contributed by atoms with Crippen LogP contribution in [0.5, 0.6) is 0 Å². The van der Waals surface area contributed by atoms with E-state index in [0.717, 1.165) is 25.3 Å². The lowest BCUT2D eigenvalue weighted by Gasteiger charge is -1.44. The van der Waals surface area contributed by atoms with E-state index in [-0.39, 0.29) is 0 Å². The van der Waals surface area contributed by atoms with Crippen LogP contribution in [0.2, 0.25) is 0 Å². The van der Waals surface area contributed by atoms with Crippen molar-refractivity contribution in [1.29, 1.82) is 10.8 Å². The van der Waals surface area contributed by atoms with Crippen molar-refractivity contribution in [3.8, 4) is 0 Å². The number of carbonyl (C=O) groups excluding carboxylic acids is 2. The van der Waals surface area contributed by atoms with E-state index in [2.05, 4.69) is 0 Å². The minimum atomic E-state index is 0.750. The zero-order chi connectivity index (χ0) is 10.2. The fraction of sp³-hybridized carbons (Fsp3) is 0. The highest BCUT2D eigenvalue weighted by Crippen LogP contribution is 1.52. The van der Waals surface area contributed by atoms with Crippen molar-refractivity contribution in [3.63, 3.8) is 0 Å². The highest BCUT2D eigenvalue weighted by Gasteiger charge is 1.29. The van der Waals surface area contributed by atoms with Gasteiger partial charge in [-0.25, -0.2) is 20.4 Å². The Morgan fingerprint density at radius 1 is 1.20 bits per heavy atom. The molecule has 0 saturated heterocycles. The Kier molecular flexibility index (Phi) is 46.3. The van der Waals surface area contributed by atoms with Gasteiger partial charge in [-0.15, -0.1) is 0 Å². The quantitative estimate of drug-likeness (QED) is 0.327.